The highest BCUT2D eigenvalue weighted by Gasteiger charge is 2.52. The second-order valence-corrected chi connectivity index (χ2v) is 14.5. The van der Waals surface area contributed by atoms with E-state index in [1.165, 1.54) is 22.6 Å². The third-order valence-corrected chi connectivity index (χ3v) is 10.7. The first kappa shape index (κ1) is 32.9. The monoisotopic (exact) mass is 670 g/mol. The maximum Gasteiger partial charge on any atom is 0.325 e. The smallest absolute Gasteiger partial charge is 0.325 e. The largest absolute Gasteiger partial charge is 0.338 e. The second-order valence-electron chi connectivity index (χ2n) is 12.1. The van der Waals surface area contributed by atoms with Crippen LogP contribution in [-0.4, -0.2) is 85.5 Å². The summed E-state index contributed by atoms with van der Waals surface area (Å²) in [4.78, 5) is 45.6. The summed E-state index contributed by atoms with van der Waals surface area (Å²) in [5.74, 6) is 0.0462. The fraction of sp³-hybridized carbons (Fsp3) is 0.364. The van der Waals surface area contributed by atoms with Crippen molar-refractivity contribution in [1.29, 1.82) is 0 Å². The van der Waals surface area contributed by atoms with Gasteiger partial charge < -0.3 is 15.1 Å². The van der Waals surface area contributed by atoms with Crippen LogP contribution in [0.3, 0.4) is 0 Å². The first-order valence-corrected chi connectivity index (χ1v) is 17.1. The van der Waals surface area contributed by atoms with E-state index in [4.69, 9.17) is 11.6 Å². The molecule has 1 spiro atoms. The number of likely N-dealkylation sites (tertiary alicyclic amines) is 2. The third kappa shape index (κ3) is 6.74. The average Bonchev–Trinajstić information content (AvgIpc) is 3.53. The highest BCUT2D eigenvalue weighted by atomic mass is 35.5. The molecule has 3 aromatic carbocycles. The summed E-state index contributed by atoms with van der Waals surface area (Å²) < 4.78 is 23.6. The number of benzene rings is 3. The van der Waals surface area contributed by atoms with Crippen molar-refractivity contribution in [3.63, 3.8) is 0 Å². The van der Waals surface area contributed by atoms with Crippen LogP contribution in [0.25, 0.3) is 0 Å². The molecule has 12 heteroatoms. The lowest BCUT2D eigenvalue weighted by molar-refractivity contribution is -0.133. The van der Waals surface area contributed by atoms with Crippen molar-refractivity contribution in [1.82, 2.24) is 20.0 Å². The number of hydrogen-bond acceptors (Lipinski definition) is 6. The van der Waals surface area contributed by atoms with E-state index in [2.05, 4.69) is 22.3 Å². The maximum atomic E-state index is 13.6. The molecule has 9 nitrogen and oxygen atoms in total. The molecule has 0 bridgehead atoms. The zero-order valence-corrected chi connectivity index (χ0v) is 27.3. The third-order valence-electron chi connectivity index (χ3n) is 9.20. The van der Waals surface area contributed by atoms with Crippen LogP contribution in [0, 0.1) is 5.92 Å². The van der Waals surface area contributed by atoms with Crippen LogP contribution in [-0.2, 0) is 21.2 Å². The van der Waals surface area contributed by atoms with Gasteiger partial charge in [-0.1, -0.05) is 66.2 Å². The molecule has 0 aromatic heterocycles. The lowest BCUT2D eigenvalue weighted by Crippen LogP contribution is -2.55. The SMILES string of the molecule is CS(=O)(=O)c1ccc(CN2C(=O)NC3(CCN(CC4CN(C(=O)c5ccccc5Cl)CC4c4ccccc4)CC3)C2=O)cc1.Cl. The Kier molecular flexibility index (Phi) is 9.60. The van der Waals surface area contributed by atoms with Crippen LogP contribution in [0.1, 0.15) is 40.2 Å². The van der Waals surface area contributed by atoms with Crippen LogP contribution >= 0.6 is 24.0 Å². The number of amides is 4. The van der Waals surface area contributed by atoms with Gasteiger partial charge in [-0.05, 0) is 54.2 Å². The second kappa shape index (κ2) is 13.1. The van der Waals surface area contributed by atoms with Crippen molar-refractivity contribution in [3.8, 4) is 0 Å². The highest BCUT2D eigenvalue weighted by molar-refractivity contribution is 7.90. The lowest BCUT2D eigenvalue weighted by atomic mass is 9.85. The Morgan fingerprint density at radius 2 is 1.58 bits per heavy atom. The van der Waals surface area contributed by atoms with Gasteiger partial charge in [-0.3, -0.25) is 14.5 Å². The first-order valence-electron chi connectivity index (χ1n) is 14.8. The molecule has 3 aliphatic heterocycles. The molecular weight excluding hydrogens is 635 g/mol. The summed E-state index contributed by atoms with van der Waals surface area (Å²) in [5, 5.41) is 3.41. The Morgan fingerprint density at radius 3 is 2.22 bits per heavy atom. The molecule has 3 aliphatic rings. The predicted molar refractivity (Wildman–Crippen MR) is 174 cm³/mol. The number of sulfone groups is 1. The van der Waals surface area contributed by atoms with Crippen LogP contribution in [0.15, 0.2) is 83.8 Å². The van der Waals surface area contributed by atoms with E-state index in [0.29, 0.717) is 55.2 Å². The molecule has 3 aromatic rings. The Hall–Kier alpha value is -3.44. The zero-order valence-electron chi connectivity index (χ0n) is 24.9. The first-order chi connectivity index (χ1) is 21.0. The molecule has 0 radical (unpaired) electrons. The van der Waals surface area contributed by atoms with Crippen LogP contribution in [0.4, 0.5) is 4.79 Å². The van der Waals surface area contributed by atoms with Gasteiger partial charge in [0.1, 0.15) is 5.54 Å². The van der Waals surface area contributed by atoms with Gasteiger partial charge in [-0.15, -0.1) is 12.4 Å². The fourth-order valence-corrected chi connectivity index (χ4v) is 7.58. The summed E-state index contributed by atoms with van der Waals surface area (Å²) in [6, 6.07) is 23.2. The zero-order chi connectivity index (χ0) is 31.1. The number of rotatable bonds is 7. The van der Waals surface area contributed by atoms with E-state index in [9.17, 15) is 22.8 Å². The topological polar surface area (TPSA) is 107 Å². The molecule has 2 unspecified atom stereocenters. The minimum absolute atomic E-state index is 0. The van der Waals surface area contributed by atoms with Crippen molar-refractivity contribution in [2.24, 2.45) is 5.92 Å². The number of carbonyl (C=O) groups is 3. The predicted octanol–water partition coefficient (Wildman–Crippen LogP) is 4.61. The Labute approximate surface area is 274 Å². The molecule has 45 heavy (non-hydrogen) atoms. The van der Waals surface area contributed by atoms with Crippen molar-refractivity contribution >= 4 is 51.7 Å². The number of nitrogens with zero attached hydrogens (tertiary/aromatic N) is 3. The lowest BCUT2D eigenvalue weighted by Gasteiger charge is -2.38. The van der Waals surface area contributed by atoms with E-state index < -0.39 is 21.4 Å². The van der Waals surface area contributed by atoms with E-state index in [1.54, 1.807) is 24.3 Å². The van der Waals surface area contributed by atoms with Crippen LogP contribution < -0.4 is 5.32 Å². The van der Waals surface area contributed by atoms with Crippen molar-refractivity contribution in [2.45, 2.75) is 35.7 Å². The van der Waals surface area contributed by atoms with Crippen molar-refractivity contribution in [3.05, 3.63) is 101 Å². The molecule has 3 heterocycles. The van der Waals surface area contributed by atoms with Gasteiger partial charge in [0.15, 0.2) is 9.84 Å². The summed E-state index contributed by atoms with van der Waals surface area (Å²) in [6.07, 6.45) is 2.12. The molecule has 2 atom stereocenters. The molecule has 4 amide bonds. The van der Waals surface area contributed by atoms with E-state index >= 15 is 0 Å². The van der Waals surface area contributed by atoms with Gasteiger partial charge in [0.25, 0.3) is 11.8 Å². The summed E-state index contributed by atoms with van der Waals surface area (Å²) >= 11 is 6.36. The minimum atomic E-state index is -3.34. The average molecular weight is 672 g/mol. The summed E-state index contributed by atoms with van der Waals surface area (Å²) in [5.41, 5.74) is 1.44. The Balaban J connectivity index is 0.00000400. The van der Waals surface area contributed by atoms with E-state index in [0.717, 1.165) is 12.8 Å². The standard InChI is InChI=1S/C33H35ClN4O5S.ClH/c1-44(42,43)26-13-11-23(12-14-26)19-38-31(40)33(35-32(38)41)15-17-36(18-16-33)20-25-21-37(22-28(25)24-7-3-2-4-8-24)30(39)27-9-5-6-10-29(27)34;/h2-14,25,28H,15-22H2,1H3,(H,35,41);1H. The van der Waals surface area contributed by atoms with Gasteiger partial charge in [-0.2, -0.15) is 0 Å². The minimum Gasteiger partial charge on any atom is -0.338 e. The maximum absolute atomic E-state index is 13.6. The molecule has 3 saturated heterocycles. The molecule has 6 rings (SSSR count). The normalized spacial score (nSPS) is 21.6. The van der Waals surface area contributed by atoms with E-state index in [-0.39, 0.29) is 47.5 Å². The van der Waals surface area contributed by atoms with Crippen LogP contribution in [0.5, 0.6) is 0 Å². The van der Waals surface area contributed by atoms with Crippen LogP contribution in [0.2, 0.25) is 5.02 Å². The number of carbonyl (C=O) groups excluding carboxylic acids is 3. The van der Waals surface area contributed by atoms with Gasteiger partial charge in [-0.25, -0.2) is 13.2 Å². The van der Waals surface area contributed by atoms with Gasteiger partial charge in [0.05, 0.1) is 22.0 Å². The highest BCUT2D eigenvalue weighted by Crippen LogP contribution is 2.37. The Bertz CT molecular complexity index is 1680. The molecular formula is C33H36Cl2N4O5S. The number of piperidine rings is 1. The van der Waals surface area contributed by atoms with Gasteiger partial charge in [0.2, 0.25) is 0 Å². The van der Waals surface area contributed by atoms with Crippen molar-refractivity contribution < 1.29 is 22.8 Å². The van der Waals surface area contributed by atoms with E-state index in [1.807, 2.05) is 35.2 Å². The summed E-state index contributed by atoms with van der Waals surface area (Å²) in [6.45, 7) is 3.33. The molecule has 3 fully saturated rings. The van der Waals surface area contributed by atoms with Gasteiger partial charge in [0, 0.05) is 44.9 Å². The molecule has 0 saturated carbocycles. The van der Waals surface area contributed by atoms with Crippen molar-refractivity contribution in [2.75, 3.05) is 39.0 Å². The fourth-order valence-electron chi connectivity index (χ4n) is 6.74. The number of halogens is 2. The molecule has 1 N–H and O–H groups in total. The molecule has 238 valence electrons. The molecule has 0 aliphatic carbocycles. The number of nitrogens with one attached hydrogen (secondary N) is 1. The Morgan fingerprint density at radius 1 is 0.933 bits per heavy atom. The quantitative estimate of drug-likeness (QED) is 0.368. The number of hydrogen-bond donors (Lipinski definition) is 1. The number of urea groups is 1. The summed E-state index contributed by atoms with van der Waals surface area (Å²) in [7, 11) is -3.34. The number of imide groups is 1. The van der Waals surface area contributed by atoms with Gasteiger partial charge >= 0.3 is 6.03 Å².